The first-order valence-electron chi connectivity index (χ1n) is 4.94. The average Bonchev–Trinajstić information content (AvgIpc) is 2.18. The van der Waals surface area contributed by atoms with Gasteiger partial charge in [-0.3, -0.25) is 4.99 Å². The minimum Gasteiger partial charge on any atom is -0.289 e. The maximum absolute atomic E-state index is 4.46. The van der Waals surface area contributed by atoms with Crippen LogP contribution in [0.15, 0.2) is 23.2 Å². The molecule has 2 rings (SSSR count). The van der Waals surface area contributed by atoms with E-state index in [1.807, 2.05) is 0 Å². The smallest absolute Gasteiger partial charge is 0.0433 e. The number of fused-ring (bicyclic) bond motifs is 1. The van der Waals surface area contributed by atoms with E-state index in [9.17, 15) is 0 Å². The first kappa shape index (κ1) is 8.49. The van der Waals surface area contributed by atoms with E-state index < -0.39 is 0 Å². The van der Waals surface area contributed by atoms with Crippen LogP contribution in [0.4, 0.5) is 0 Å². The summed E-state index contributed by atoms with van der Waals surface area (Å²) in [7, 11) is 0. The molecule has 13 heavy (non-hydrogen) atoms. The van der Waals surface area contributed by atoms with E-state index in [0.29, 0.717) is 0 Å². The Bertz CT molecular complexity index is 350. The lowest BCUT2D eigenvalue weighted by Gasteiger charge is -2.15. The number of hydrogen-bond donors (Lipinski definition) is 0. The molecule has 0 radical (unpaired) electrons. The highest BCUT2D eigenvalue weighted by molar-refractivity contribution is 6.00. The monoisotopic (exact) mass is 173 g/mol. The summed E-state index contributed by atoms with van der Waals surface area (Å²) >= 11 is 0. The molecular weight excluding hydrogens is 158 g/mol. The molecule has 1 aliphatic heterocycles. The minimum absolute atomic E-state index is 0.963. The Hall–Kier alpha value is -1.11. The molecule has 1 heteroatoms. The van der Waals surface area contributed by atoms with E-state index in [4.69, 9.17) is 0 Å². The van der Waals surface area contributed by atoms with E-state index in [0.717, 1.165) is 19.4 Å². The maximum Gasteiger partial charge on any atom is 0.0433 e. The number of benzene rings is 1. The van der Waals surface area contributed by atoms with E-state index in [-0.39, 0.29) is 0 Å². The molecule has 1 aromatic rings. The largest absolute Gasteiger partial charge is 0.289 e. The van der Waals surface area contributed by atoms with Gasteiger partial charge in [-0.15, -0.1) is 0 Å². The lowest BCUT2D eigenvalue weighted by Crippen LogP contribution is -2.10. The highest BCUT2D eigenvalue weighted by Crippen LogP contribution is 2.18. The summed E-state index contributed by atoms with van der Waals surface area (Å²) < 4.78 is 0. The van der Waals surface area contributed by atoms with Crippen molar-refractivity contribution in [2.75, 3.05) is 6.54 Å². The minimum atomic E-state index is 0.963. The van der Waals surface area contributed by atoms with Crippen LogP contribution >= 0.6 is 0 Å². The fraction of sp³-hybridized carbons (Fsp3) is 0.417. The Morgan fingerprint density at radius 2 is 2.23 bits per heavy atom. The molecule has 1 heterocycles. The van der Waals surface area contributed by atoms with Crippen molar-refractivity contribution in [3.05, 3.63) is 34.9 Å². The fourth-order valence-electron chi connectivity index (χ4n) is 1.83. The first-order valence-corrected chi connectivity index (χ1v) is 4.94. The highest BCUT2D eigenvalue weighted by Gasteiger charge is 2.09. The zero-order chi connectivity index (χ0) is 9.26. The van der Waals surface area contributed by atoms with Gasteiger partial charge in [0, 0.05) is 12.3 Å². The Morgan fingerprint density at radius 3 is 3.00 bits per heavy atom. The standard InChI is InChI=1S/C12H15N/c1-3-10-4-5-11-6-7-13-9(2)12(11)8-10/h4-5,8H,3,6-7H2,1-2H3. The van der Waals surface area contributed by atoms with Crippen LogP contribution in [0.5, 0.6) is 0 Å². The highest BCUT2D eigenvalue weighted by atomic mass is 14.7. The van der Waals surface area contributed by atoms with E-state index in [1.54, 1.807) is 0 Å². The third kappa shape index (κ3) is 1.51. The van der Waals surface area contributed by atoms with Crippen LogP contribution in [-0.2, 0) is 12.8 Å². The predicted octanol–water partition coefficient (Wildman–Crippen LogP) is 2.61. The summed E-state index contributed by atoms with van der Waals surface area (Å²) in [5, 5.41) is 0. The Kier molecular flexibility index (Phi) is 2.17. The van der Waals surface area contributed by atoms with Gasteiger partial charge in [-0.25, -0.2) is 0 Å². The van der Waals surface area contributed by atoms with Crippen molar-refractivity contribution in [1.82, 2.24) is 0 Å². The van der Waals surface area contributed by atoms with Crippen LogP contribution in [-0.4, -0.2) is 12.3 Å². The van der Waals surface area contributed by atoms with Crippen molar-refractivity contribution in [3.63, 3.8) is 0 Å². The maximum atomic E-state index is 4.46. The zero-order valence-corrected chi connectivity index (χ0v) is 8.30. The van der Waals surface area contributed by atoms with Crippen LogP contribution in [0.3, 0.4) is 0 Å². The molecule has 1 aromatic carbocycles. The molecule has 0 aromatic heterocycles. The van der Waals surface area contributed by atoms with Gasteiger partial charge in [0.25, 0.3) is 0 Å². The van der Waals surface area contributed by atoms with Crippen LogP contribution in [0, 0.1) is 0 Å². The van der Waals surface area contributed by atoms with E-state index in [2.05, 4.69) is 37.0 Å². The molecule has 0 saturated heterocycles. The SMILES string of the molecule is CCc1ccc2c(c1)C(C)=NCC2. The molecule has 0 N–H and O–H groups in total. The molecule has 0 amide bonds. The molecule has 0 unspecified atom stereocenters. The molecule has 0 spiro atoms. The Morgan fingerprint density at radius 1 is 1.38 bits per heavy atom. The van der Waals surface area contributed by atoms with Crippen LogP contribution in [0.25, 0.3) is 0 Å². The van der Waals surface area contributed by atoms with Crippen molar-refractivity contribution in [2.45, 2.75) is 26.7 Å². The van der Waals surface area contributed by atoms with Crippen molar-refractivity contribution >= 4 is 5.71 Å². The second-order valence-corrected chi connectivity index (χ2v) is 3.56. The van der Waals surface area contributed by atoms with Gasteiger partial charge in [0.1, 0.15) is 0 Å². The quantitative estimate of drug-likeness (QED) is 0.619. The van der Waals surface area contributed by atoms with Crippen molar-refractivity contribution in [3.8, 4) is 0 Å². The summed E-state index contributed by atoms with van der Waals surface area (Å²) in [6, 6.07) is 6.77. The molecule has 0 bridgehead atoms. The molecule has 1 aliphatic rings. The van der Waals surface area contributed by atoms with Crippen LogP contribution in [0.2, 0.25) is 0 Å². The van der Waals surface area contributed by atoms with Gasteiger partial charge in [-0.1, -0.05) is 19.1 Å². The lowest BCUT2D eigenvalue weighted by atomic mass is 9.95. The molecule has 0 atom stereocenters. The van der Waals surface area contributed by atoms with Crippen LogP contribution < -0.4 is 0 Å². The summed E-state index contributed by atoms with van der Waals surface area (Å²) in [5.74, 6) is 0. The Balaban J connectivity index is 2.50. The van der Waals surface area contributed by atoms with Gasteiger partial charge in [0.2, 0.25) is 0 Å². The lowest BCUT2D eigenvalue weighted by molar-refractivity contribution is 0.937. The van der Waals surface area contributed by atoms with Crippen molar-refractivity contribution < 1.29 is 0 Å². The van der Waals surface area contributed by atoms with Gasteiger partial charge in [-0.05, 0) is 42.5 Å². The molecule has 1 nitrogen and oxygen atoms in total. The third-order valence-corrected chi connectivity index (χ3v) is 2.70. The normalized spacial score (nSPS) is 15.1. The van der Waals surface area contributed by atoms with Crippen molar-refractivity contribution in [1.29, 1.82) is 0 Å². The predicted molar refractivity (Wildman–Crippen MR) is 56.6 cm³/mol. The second-order valence-electron chi connectivity index (χ2n) is 3.56. The van der Waals surface area contributed by atoms with Crippen LogP contribution in [0.1, 0.15) is 30.5 Å². The molecule has 0 fully saturated rings. The summed E-state index contributed by atoms with van der Waals surface area (Å²) in [6.45, 7) is 5.26. The number of rotatable bonds is 1. The van der Waals surface area contributed by atoms with Crippen molar-refractivity contribution in [2.24, 2.45) is 4.99 Å². The van der Waals surface area contributed by atoms with E-state index >= 15 is 0 Å². The van der Waals surface area contributed by atoms with Gasteiger partial charge in [0.05, 0.1) is 0 Å². The fourth-order valence-corrected chi connectivity index (χ4v) is 1.83. The molecule has 0 saturated carbocycles. The number of hydrogen-bond acceptors (Lipinski definition) is 1. The molecule has 68 valence electrons. The average molecular weight is 173 g/mol. The summed E-state index contributed by atoms with van der Waals surface area (Å²) in [5.41, 5.74) is 5.45. The first-order chi connectivity index (χ1) is 6.31. The topological polar surface area (TPSA) is 12.4 Å². The Labute approximate surface area is 79.5 Å². The number of aryl methyl sites for hydroxylation is 1. The number of nitrogens with zero attached hydrogens (tertiary/aromatic N) is 1. The van der Waals surface area contributed by atoms with Gasteiger partial charge in [0.15, 0.2) is 0 Å². The third-order valence-electron chi connectivity index (χ3n) is 2.70. The number of aliphatic imine (C=N–C) groups is 1. The summed E-state index contributed by atoms with van der Waals surface area (Å²) in [4.78, 5) is 4.46. The van der Waals surface area contributed by atoms with E-state index in [1.165, 1.54) is 22.4 Å². The summed E-state index contributed by atoms with van der Waals surface area (Å²) in [6.07, 6.45) is 2.22. The molecule has 0 aliphatic carbocycles. The molecular formula is C12H15N. The van der Waals surface area contributed by atoms with Gasteiger partial charge in [-0.2, -0.15) is 0 Å². The van der Waals surface area contributed by atoms with Gasteiger partial charge < -0.3 is 0 Å². The second kappa shape index (κ2) is 3.33. The zero-order valence-electron chi connectivity index (χ0n) is 8.30. The van der Waals surface area contributed by atoms with Gasteiger partial charge >= 0.3 is 0 Å².